The van der Waals surface area contributed by atoms with Crippen LogP contribution >= 0.6 is 11.3 Å². The van der Waals surface area contributed by atoms with Crippen molar-refractivity contribution in [1.29, 1.82) is 0 Å². The molecule has 6 nitrogen and oxygen atoms in total. The Hall–Kier alpha value is -3.04. The lowest BCUT2D eigenvalue weighted by Gasteiger charge is -2.10. The summed E-state index contributed by atoms with van der Waals surface area (Å²) in [6.45, 7) is 0. The molecule has 4 rings (SSSR count). The van der Waals surface area contributed by atoms with Gasteiger partial charge in [0.1, 0.15) is 11.6 Å². The van der Waals surface area contributed by atoms with E-state index in [0.29, 0.717) is 22.0 Å². The number of aromatic hydroxyl groups is 1. The Kier molecular flexibility index (Phi) is 4.25. The summed E-state index contributed by atoms with van der Waals surface area (Å²) in [6.07, 6.45) is 3.02. The maximum absolute atomic E-state index is 13.3. The Balaban J connectivity index is 1.80. The first-order valence-electron chi connectivity index (χ1n) is 7.74. The number of nitrogens with one attached hydrogen (secondary N) is 1. The van der Waals surface area contributed by atoms with Crippen molar-refractivity contribution in [3.8, 4) is 17.0 Å². The van der Waals surface area contributed by atoms with Gasteiger partial charge in [0.15, 0.2) is 5.13 Å². The number of nitrogens with zero attached hydrogens (tertiary/aromatic N) is 2. The fourth-order valence-electron chi connectivity index (χ4n) is 2.69. The second kappa shape index (κ2) is 6.60. The fraction of sp³-hybridized carbons (Fsp3) is 0. The van der Waals surface area contributed by atoms with Crippen LogP contribution in [0.4, 0.5) is 9.52 Å². The lowest BCUT2D eigenvalue weighted by atomic mass is 10.0. The summed E-state index contributed by atoms with van der Waals surface area (Å²) < 4.78 is 40.8. The van der Waals surface area contributed by atoms with Crippen LogP contribution in [0, 0.1) is 5.82 Å². The van der Waals surface area contributed by atoms with Gasteiger partial charge in [0.2, 0.25) is 0 Å². The molecule has 0 aliphatic heterocycles. The van der Waals surface area contributed by atoms with Crippen molar-refractivity contribution in [2.45, 2.75) is 4.90 Å². The highest BCUT2D eigenvalue weighted by atomic mass is 32.2. The molecule has 2 N–H and O–H groups in total. The summed E-state index contributed by atoms with van der Waals surface area (Å²) in [6, 6.07) is 9.90. The van der Waals surface area contributed by atoms with Gasteiger partial charge in [0, 0.05) is 34.8 Å². The van der Waals surface area contributed by atoms with Crippen molar-refractivity contribution < 1.29 is 17.9 Å². The Labute approximate surface area is 158 Å². The van der Waals surface area contributed by atoms with E-state index >= 15 is 0 Å². The van der Waals surface area contributed by atoms with Crippen LogP contribution in [0.5, 0.6) is 5.75 Å². The summed E-state index contributed by atoms with van der Waals surface area (Å²) >= 11 is 1.18. The van der Waals surface area contributed by atoms with Crippen LogP contribution in [0.3, 0.4) is 0 Å². The Morgan fingerprint density at radius 1 is 1.04 bits per heavy atom. The molecule has 136 valence electrons. The Bertz CT molecular complexity index is 1240. The second-order valence-corrected chi connectivity index (χ2v) is 8.22. The highest BCUT2D eigenvalue weighted by molar-refractivity contribution is 7.93. The number of phenols is 1. The lowest BCUT2D eigenvalue weighted by molar-refractivity contribution is 0.471. The number of halogens is 1. The lowest BCUT2D eigenvalue weighted by Crippen LogP contribution is -2.12. The molecule has 0 bridgehead atoms. The molecule has 0 radical (unpaired) electrons. The molecule has 9 heteroatoms. The molecule has 0 unspecified atom stereocenters. The van der Waals surface area contributed by atoms with Gasteiger partial charge in [-0.15, -0.1) is 11.3 Å². The quantitative estimate of drug-likeness (QED) is 0.539. The zero-order valence-corrected chi connectivity index (χ0v) is 15.3. The molecule has 2 aromatic heterocycles. The highest BCUT2D eigenvalue weighted by Crippen LogP contribution is 2.34. The molecule has 0 spiro atoms. The number of hydrogen-bond acceptors (Lipinski definition) is 6. The zero-order chi connectivity index (χ0) is 19.0. The molecule has 0 amide bonds. The topological polar surface area (TPSA) is 92.2 Å². The molecular weight excluding hydrogens is 389 g/mol. The minimum Gasteiger partial charge on any atom is -0.507 e. The molecule has 0 saturated carbocycles. The van der Waals surface area contributed by atoms with E-state index in [2.05, 4.69) is 14.7 Å². The normalized spacial score (nSPS) is 11.6. The van der Waals surface area contributed by atoms with E-state index in [0.717, 1.165) is 6.07 Å². The van der Waals surface area contributed by atoms with Crippen LogP contribution in [0.2, 0.25) is 0 Å². The Morgan fingerprint density at radius 2 is 1.89 bits per heavy atom. The van der Waals surface area contributed by atoms with Gasteiger partial charge < -0.3 is 5.11 Å². The van der Waals surface area contributed by atoms with Crippen molar-refractivity contribution in [1.82, 2.24) is 9.97 Å². The van der Waals surface area contributed by atoms with Crippen molar-refractivity contribution >= 4 is 37.3 Å². The maximum atomic E-state index is 13.3. The number of thiazole rings is 1. The van der Waals surface area contributed by atoms with Crippen LogP contribution in [0.25, 0.3) is 22.0 Å². The van der Waals surface area contributed by atoms with Gasteiger partial charge in [-0.05, 0) is 35.7 Å². The third kappa shape index (κ3) is 3.34. The van der Waals surface area contributed by atoms with E-state index in [1.54, 1.807) is 17.5 Å². The number of benzene rings is 2. The van der Waals surface area contributed by atoms with E-state index in [1.165, 1.54) is 48.0 Å². The van der Waals surface area contributed by atoms with Crippen LogP contribution < -0.4 is 4.72 Å². The number of phenolic OH excluding ortho intramolecular Hbond substituents is 1. The SMILES string of the molecule is O=S(=O)(Nc1nccs1)c1ccc2c(-c3ccc(F)cc3O)nccc2c1. The van der Waals surface area contributed by atoms with Crippen LogP contribution in [0.1, 0.15) is 0 Å². The molecule has 27 heavy (non-hydrogen) atoms. The van der Waals surface area contributed by atoms with E-state index in [-0.39, 0.29) is 15.8 Å². The van der Waals surface area contributed by atoms with Crippen LogP contribution in [0.15, 0.2) is 65.1 Å². The predicted octanol–water partition coefficient (Wildman–Crippen LogP) is 4.00. The summed E-state index contributed by atoms with van der Waals surface area (Å²) in [5, 5.41) is 13.2. The summed E-state index contributed by atoms with van der Waals surface area (Å²) in [7, 11) is -3.79. The van der Waals surface area contributed by atoms with Gasteiger partial charge in [-0.25, -0.2) is 17.8 Å². The minimum absolute atomic E-state index is 0.0747. The largest absolute Gasteiger partial charge is 0.507 e. The van der Waals surface area contributed by atoms with Crippen molar-refractivity contribution in [3.05, 3.63) is 66.1 Å². The smallest absolute Gasteiger partial charge is 0.263 e. The average molecular weight is 401 g/mol. The predicted molar refractivity (Wildman–Crippen MR) is 102 cm³/mol. The van der Waals surface area contributed by atoms with Gasteiger partial charge in [-0.2, -0.15) is 0 Å². The summed E-state index contributed by atoms with van der Waals surface area (Å²) in [5.74, 6) is -0.796. The average Bonchev–Trinajstić information content (AvgIpc) is 3.13. The van der Waals surface area contributed by atoms with Crippen molar-refractivity contribution in [2.24, 2.45) is 0 Å². The second-order valence-electron chi connectivity index (χ2n) is 5.65. The van der Waals surface area contributed by atoms with Crippen LogP contribution in [-0.2, 0) is 10.0 Å². The van der Waals surface area contributed by atoms with Gasteiger partial charge in [-0.3, -0.25) is 9.71 Å². The first-order valence-corrected chi connectivity index (χ1v) is 10.1. The fourth-order valence-corrected chi connectivity index (χ4v) is 4.51. The third-order valence-electron chi connectivity index (χ3n) is 3.92. The molecule has 2 heterocycles. The molecule has 2 aromatic carbocycles. The third-order valence-corrected chi connectivity index (χ3v) is 6.07. The van der Waals surface area contributed by atoms with E-state index in [4.69, 9.17) is 0 Å². The van der Waals surface area contributed by atoms with Gasteiger partial charge in [0.05, 0.1) is 10.6 Å². The number of hydrogen-bond donors (Lipinski definition) is 2. The molecule has 4 aromatic rings. The number of anilines is 1. The number of aromatic nitrogens is 2. The minimum atomic E-state index is -3.79. The van der Waals surface area contributed by atoms with Crippen LogP contribution in [-0.4, -0.2) is 23.5 Å². The zero-order valence-electron chi connectivity index (χ0n) is 13.6. The standard InChI is InChI=1S/C18H12FN3O3S2/c19-12-1-3-15(16(23)10-12)17-14-4-2-13(9-11(14)5-6-20-17)27(24,25)22-18-21-7-8-26-18/h1-10,23H,(H,21,22). The van der Waals surface area contributed by atoms with E-state index in [9.17, 15) is 17.9 Å². The molecule has 0 saturated heterocycles. The van der Waals surface area contributed by atoms with Gasteiger partial charge >= 0.3 is 0 Å². The van der Waals surface area contributed by atoms with Crippen molar-refractivity contribution in [3.63, 3.8) is 0 Å². The number of pyridine rings is 1. The number of sulfonamides is 1. The molecular formula is C18H12FN3O3S2. The van der Waals surface area contributed by atoms with Gasteiger partial charge in [-0.1, -0.05) is 6.07 Å². The monoisotopic (exact) mass is 401 g/mol. The maximum Gasteiger partial charge on any atom is 0.263 e. The summed E-state index contributed by atoms with van der Waals surface area (Å²) in [5.41, 5.74) is 0.792. The highest BCUT2D eigenvalue weighted by Gasteiger charge is 2.17. The molecule has 0 atom stereocenters. The molecule has 0 fully saturated rings. The van der Waals surface area contributed by atoms with Crippen molar-refractivity contribution in [2.75, 3.05) is 4.72 Å². The molecule has 0 aliphatic carbocycles. The number of rotatable bonds is 4. The summed E-state index contributed by atoms with van der Waals surface area (Å²) in [4.78, 5) is 8.26. The first kappa shape index (κ1) is 17.4. The van der Waals surface area contributed by atoms with E-state index < -0.39 is 15.8 Å². The van der Waals surface area contributed by atoms with E-state index in [1.807, 2.05) is 0 Å². The Morgan fingerprint density at radius 3 is 2.63 bits per heavy atom. The molecule has 0 aliphatic rings. The van der Waals surface area contributed by atoms with Gasteiger partial charge in [0.25, 0.3) is 10.0 Å². The number of fused-ring (bicyclic) bond motifs is 1. The first-order chi connectivity index (χ1) is 12.9.